The molecule has 0 radical (unpaired) electrons. The number of sulfonamides is 1. The highest BCUT2D eigenvalue weighted by Gasteiger charge is 2.46. The zero-order chi connectivity index (χ0) is 29.0. The Morgan fingerprint density at radius 3 is 2.27 bits per heavy atom. The number of carbonyl (C=O) groups is 2. The highest BCUT2D eigenvalue weighted by Crippen LogP contribution is 2.40. The van der Waals surface area contributed by atoms with Crippen LogP contribution < -0.4 is 4.74 Å². The molecule has 11 nitrogen and oxygen atoms in total. The summed E-state index contributed by atoms with van der Waals surface area (Å²) >= 11 is 0. The van der Waals surface area contributed by atoms with E-state index in [2.05, 4.69) is 4.90 Å². The number of aliphatic hydroxyl groups is 1. The maximum atomic E-state index is 13.4. The molecule has 0 unspecified atom stereocenters. The van der Waals surface area contributed by atoms with E-state index in [1.165, 1.54) is 40.6 Å². The molecule has 3 aliphatic rings. The number of nitrogens with zero attached hydrogens (tertiary/aromatic N) is 3. The fourth-order valence-electron chi connectivity index (χ4n) is 5.43. The molecule has 3 heterocycles. The number of likely N-dealkylation sites (tertiary alicyclic amines) is 1. The van der Waals surface area contributed by atoms with Crippen molar-refractivity contribution in [2.75, 3.05) is 72.8 Å². The highest BCUT2D eigenvalue weighted by atomic mass is 32.2. The van der Waals surface area contributed by atoms with Crippen molar-refractivity contribution in [3.63, 3.8) is 0 Å². The van der Waals surface area contributed by atoms with Gasteiger partial charge in [-0.3, -0.25) is 14.5 Å². The minimum absolute atomic E-state index is 0.0431. The molecule has 5 rings (SSSR count). The molecule has 12 heteroatoms. The van der Waals surface area contributed by atoms with Crippen LogP contribution in [-0.4, -0.2) is 112 Å². The summed E-state index contributed by atoms with van der Waals surface area (Å²) in [6, 6.07) is 12.0. The smallest absolute Gasteiger partial charge is 0.295 e. The Labute approximate surface area is 239 Å². The third-order valence-corrected chi connectivity index (χ3v) is 9.58. The standard InChI is InChI=1S/C29H35N3O8S/c1-38-23-5-2-4-22(20-23)26-25(28(34)29(35)32(26)11-3-10-30-12-16-39-17-13-30)27(33)21-6-8-24(9-7-21)41(36,37)31-14-18-40-19-15-31/h2,4-9,20,26,33H,3,10-19H2,1H3/t26-/m0/s1. The minimum Gasteiger partial charge on any atom is -0.507 e. The lowest BCUT2D eigenvalue weighted by Crippen LogP contribution is -2.40. The van der Waals surface area contributed by atoms with Crippen molar-refractivity contribution in [3.8, 4) is 5.75 Å². The van der Waals surface area contributed by atoms with E-state index in [0.717, 1.165) is 19.6 Å². The zero-order valence-corrected chi connectivity index (χ0v) is 23.8. The van der Waals surface area contributed by atoms with E-state index < -0.39 is 27.8 Å². The number of carbonyl (C=O) groups excluding carboxylic acids is 2. The van der Waals surface area contributed by atoms with Gasteiger partial charge < -0.3 is 24.2 Å². The van der Waals surface area contributed by atoms with Crippen molar-refractivity contribution in [1.29, 1.82) is 0 Å². The van der Waals surface area contributed by atoms with Crippen LogP contribution >= 0.6 is 0 Å². The summed E-state index contributed by atoms with van der Waals surface area (Å²) in [7, 11) is -2.20. The topological polar surface area (TPSA) is 126 Å². The predicted molar refractivity (Wildman–Crippen MR) is 150 cm³/mol. The van der Waals surface area contributed by atoms with E-state index >= 15 is 0 Å². The molecular weight excluding hydrogens is 550 g/mol. The lowest BCUT2D eigenvalue weighted by atomic mass is 9.95. The Morgan fingerprint density at radius 1 is 0.951 bits per heavy atom. The van der Waals surface area contributed by atoms with Crippen LogP contribution in [0.3, 0.4) is 0 Å². The number of ketones is 1. The van der Waals surface area contributed by atoms with E-state index in [0.29, 0.717) is 50.7 Å². The summed E-state index contributed by atoms with van der Waals surface area (Å²) in [6.07, 6.45) is 0.641. The molecule has 220 valence electrons. The monoisotopic (exact) mass is 585 g/mol. The van der Waals surface area contributed by atoms with E-state index in [-0.39, 0.29) is 34.9 Å². The summed E-state index contributed by atoms with van der Waals surface area (Å²) in [5, 5.41) is 11.4. The maximum absolute atomic E-state index is 13.4. The van der Waals surface area contributed by atoms with Gasteiger partial charge >= 0.3 is 0 Å². The van der Waals surface area contributed by atoms with Gasteiger partial charge in [0.15, 0.2) is 0 Å². The van der Waals surface area contributed by atoms with Crippen LogP contribution in [0.2, 0.25) is 0 Å². The maximum Gasteiger partial charge on any atom is 0.295 e. The van der Waals surface area contributed by atoms with E-state index in [1.807, 2.05) is 0 Å². The van der Waals surface area contributed by atoms with Crippen molar-refractivity contribution in [1.82, 2.24) is 14.1 Å². The van der Waals surface area contributed by atoms with Crippen LogP contribution in [0.4, 0.5) is 0 Å². The molecule has 3 aliphatic heterocycles. The molecule has 41 heavy (non-hydrogen) atoms. The fraction of sp³-hybridized carbons (Fsp3) is 0.448. The minimum atomic E-state index is -3.73. The van der Waals surface area contributed by atoms with Crippen molar-refractivity contribution >= 4 is 27.5 Å². The molecule has 0 aromatic heterocycles. The van der Waals surface area contributed by atoms with Gasteiger partial charge in [-0.25, -0.2) is 8.42 Å². The van der Waals surface area contributed by atoms with Gasteiger partial charge in [-0.05, 0) is 48.4 Å². The molecule has 1 N–H and O–H groups in total. The van der Waals surface area contributed by atoms with Gasteiger partial charge in [0, 0.05) is 44.8 Å². The van der Waals surface area contributed by atoms with Gasteiger partial charge in [0.05, 0.1) is 50.0 Å². The molecule has 3 saturated heterocycles. The molecule has 1 amide bonds. The lowest BCUT2D eigenvalue weighted by molar-refractivity contribution is -0.140. The first-order valence-electron chi connectivity index (χ1n) is 13.7. The van der Waals surface area contributed by atoms with Gasteiger partial charge in [-0.15, -0.1) is 0 Å². The van der Waals surface area contributed by atoms with Crippen molar-refractivity contribution in [2.24, 2.45) is 0 Å². The van der Waals surface area contributed by atoms with Crippen LogP contribution in [0.1, 0.15) is 23.6 Å². The Kier molecular flexibility index (Phi) is 9.05. The first kappa shape index (κ1) is 29.2. The molecule has 3 fully saturated rings. The van der Waals surface area contributed by atoms with Crippen molar-refractivity contribution < 1.29 is 37.3 Å². The van der Waals surface area contributed by atoms with Crippen LogP contribution in [0.25, 0.3) is 5.76 Å². The van der Waals surface area contributed by atoms with Crippen LogP contribution in [-0.2, 0) is 29.1 Å². The quantitative estimate of drug-likeness (QED) is 0.267. The van der Waals surface area contributed by atoms with Crippen LogP contribution in [0.5, 0.6) is 5.75 Å². The lowest BCUT2D eigenvalue weighted by Gasteiger charge is -2.29. The van der Waals surface area contributed by atoms with Gasteiger partial charge in [0.1, 0.15) is 11.5 Å². The number of Topliss-reactive ketones (excluding diaryl/α,β-unsaturated/α-hetero) is 1. The molecule has 0 spiro atoms. The summed E-state index contributed by atoms with van der Waals surface area (Å²) in [4.78, 5) is 30.5. The number of hydrogen-bond acceptors (Lipinski definition) is 9. The number of amides is 1. The Morgan fingerprint density at radius 2 is 1.61 bits per heavy atom. The highest BCUT2D eigenvalue weighted by molar-refractivity contribution is 7.89. The number of hydrogen-bond donors (Lipinski definition) is 1. The second-order valence-corrected chi connectivity index (χ2v) is 12.1. The normalized spacial score (nSPS) is 22.3. The van der Waals surface area contributed by atoms with Crippen LogP contribution in [0.15, 0.2) is 59.0 Å². The summed E-state index contributed by atoms with van der Waals surface area (Å²) in [5.74, 6) is -1.28. The van der Waals surface area contributed by atoms with Crippen molar-refractivity contribution in [2.45, 2.75) is 17.4 Å². The molecule has 0 aliphatic carbocycles. The summed E-state index contributed by atoms with van der Waals surface area (Å²) < 4.78 is 43.5. The van der Waals surface area contributed by atoms with Crippen LogP contribution in [0, 0.1) is 0 Å². The molecule has 2 aromatic carbocycles. The largest absolute Gasteiger partial charge is 0.507 e. The van der Waals surface area contributed by atoms with Gasteiger partial charge in [0.25, 0.3) is 11.7 Å². The third-order valence-electron chi connectivity index (χ3n) is 7.66. The van der Waals surface area contributed by atoms with E-state index in [9.17, 15) is 23.1 Å². The van der Waals surface area contributed by atoms with E-state index in [1.54, 1.807) is 24.3 Å². The molecule has 1 atom stereocenters. The van der Waals surface area contributed by atoms with Crippen molar-refractivity contribution in [3.05, 3.63) is 65.2 Å². The average Bonchev–Trinajstić information content (AvgIpc) is 3.27. The predicted octanol–water partition coefficient (Wildman–Crippen LogP) is 1.86. The Hall–Kier alpha value is -3.29. The second-order valence-electron chi connectivity index (χ2n) is 10.1. The number of benzene rings is 2. The molecule has 0 saturated carbocycles. The third kappa shape index (κ3) is 6.16. The average molecular weight is 586 g/mol. The molecule has 2 aromatic rings. The van der Waals surface area contributed by atoms with Gasteiger partial charge in [-0.1, -0.05) is 12.1 Å². The van der Waals surface area contributed by atoms with Gasteiger partial charge in [0.2, 0.25) is 10.0 Å². The SMILES string of the molecule is COc1cccc([C@H]2C(=C(O)c3ccc(S(=O)(=O)N4CCOCC4)cc3)C(=O)C(=O)N2CCCN2CCOCC2)c1. The Bertz CT molecular complexity index is 1400. The molecular formula is C29H35N3O8S. The first-order valence-corrected chi connectivity index (χ1v) is 15.2. The van der Waals surface area contributed by atoms with Gasteiger partial charge in [-0.2, -0.15) is 4.31 Å². The zero-order valence-electron chi connectivity index (χ0n) is 23.0. The number of methoxy groups -OCH3 is 1. The summed E-state index contributed by atoms with van der Waals surface area (Å²) in [6.45, 7) is 5.21. The Balaban J connectivity index is 1.46. The van der Waals surface area contributed by atoms with E-state index in [4.69, 9.17) is 14.2 Å². The second kappa shape index (κ2) is 12.7. The first-order chi connectivity index (χ1) is 19.8. The number of ether oxygens (including phenoxy) is 3. The molecule has 0 bridgehead atoms. The number of rotatable bonds is 9. The summed E-state index contributed by atoms with van der Waals surface area (Å²) in [5.41, 5.74) is 0.826. The number of aliphatic hydroxyl groups excluding tert-OH is 1. The number of morpholine rings is 2. The fourth-order valence-corrected chi connectivity index (χ4v) is 6.84.